The molecule has 1 heterocycles. The second kappa shape index (κ2) is 8.92. The normalized spacial score (nSPS) is 16.1. The molecule has 1 aliphatic rings. The van der Waals surface area contributed by atoms with Crippen molar-refractivity contribution in [2.24, 2.45) is 0 Å². The lowest BCUT2D eigenvalue weighted by atomic mass is 10.1. The zero-order valence-electron chi connectivity index (χ0n) is 15.1. The van der Waals surface area contributed by atoms with Crippen molar-refractivity contribution in [3.05, 3.63) is 23.8 Å². The molecule has 0 spiro atoms. The molecule has 0 bridgehead atoms. The first kappa shape index (κ1) is 19.3. The Hall–Kier alpha value is -1.99. The van der Waals surface area contributed by atoms with Gasteiger partial charge in [-0.3, -0.25) is 0 Å². The smallest absolute Gasteiger partial charge is 0.407 e. The van der Waals surface area contributed by atoms with Crippen LogP contribution in [0.4, 0.5) is 10.5 Å². The molecule has 0 saturated carbocycles. The summed E-state index contributed by atoms with van der Waals surface area (Å²) < 4.78 is 16.3. The van der Waals surface area contributed by atoms with Crippen LogP contribution in [-0.4, -0.2) is 55.8 Å². The third-order valence-corrected chi connectivity index (χ3v) is 3.49. The van der Waals surface area contributed by atoms with Crippen molar-refractivity contribution in [2.45, 2.75) is 38.9 Å². The summed E-state index contributed by atoms with van der Waals surface area (Å²) in [4.78, 5) is 11.7. The lowest BCUT2D eigenvalue weighted by Crippen LogP contribution is -2.38. The van der Waals surface area contributed by atoms with Crippen molar-refractivity contribution in [3.63, 3.8) is 0 Å². The number of fused-ring (bicyclic) bond motifs is 1. The Morgan fingerprint density at radius 2 is 2.16 bits per heavy atom. The van der Waals surface area contributed by atoms with E-state index >= 15 is 0 Å². The highest BCUT2D eigenvalue weighted by Gasteiger charge is 2.24. The second-order valence-corrected chi connectivity index (χ2v) is 6.91. The number of rotatable bonds is 8. The Labute approximate surface area is 148 Å². The zero-order valence-corrected chi connectivity index (χ0v) is 15.1. The second-order valence-electron chi connectivity index (χ2n) is 6.91. The summed E-state index contributed by atoms with van der Waals surface area (Å²) in [7, 11) is 0. The standard InChI is InChI=1S/C18H28N2O5/c1-18(2,3)25-17(22)20-12-15-11-13-10-14(4-5-16(13)24-15)19-6-8-23-9-7-21/h4-5,10,15,19,21H,6-9,11-12H2,1-3H3,(H,20,22). The minimum absolute atomic E-state index is 0.0366. The molecule has 1 aromatic rings. The van der Waals surface area contributed by atoms with E-state index in [1.807, 2.05) is 32.9 Å². The number of hydrogen-bond acceptors (Lipinski definition) is 6. The number of aliphatic hydroxyl groups is 1. The van der Waals surface area contributed by atoms with Crippen molar-refractivity contribution >= 4 is 11.8 Å². The minimum Gasteiger partial charge on any atom is -0.488 e. The Bertz CT molecular complexity index is 571. The quantitative estimate of drug-likeness (QED) is 0.620. The maximum atomic E-state index is 11.7. The van der Waals surface area contributed by atoms with E-state index in [1.54, 1.807) is 0 Å². The number of anilines is 1. The van der Waals surface area contributed by atoms with Gasteiger partial charge in [0.1, 0.15) is 17.5 Å². The number of alkyl carbamates (subject to hydrolysis) is 1. The minimum atomic E-state index is -0.509. The zero-order chi connectivity index (χ0) is 18.3. The van der Waals surface area contributed by atoms with E-state index in [0.29, 0.717) is 26.3 Å². The van der Waals surface area contributed by atoms with Crippen LogP contribution in [0.3, 0.4) is 0 Å². The molecule has 0 saturated heterocycles. The Morgan fingerprint density at radius 3 is 2.88 bits per heavy atom. The van der Waals surface area contributed by atoms with E-state index in [9.17, 15) is 4.79 Å². The van der Waals surface area contributed by atoms with Gasteiger partial charge in [-0.15, -0.1) is 0 Å². The molecule has 7 heteroatoms. The number of amides is 1. The first-order valence-electron chi connectivity index (χ1n) is 8.56. The largest absolute Gasteiger partial charge is 0.488 e. The number of nitrogens with one attached hydrogen (secondary N) is 2. The van der Waals surface area contributed by atoms with Crippen molar-refractivity contribution in [1.29, 1.82) is 0 Å². The molecule has 140 valence electrons. The van der Waals surface area contributed by atoms with Crippen LogP contribution in [0.5, 0.6) is 5.75 Å². The van der Waals surface area contributed by atoms with Gasteiger partial charge < -0.3 is 30.0 Å². The molecule has 2 rings (SSSR count). The highest BCUT2D eigenvalue weighted by Crippen LogP contribution is 2.31. The van der Waals surface area contributed by atoms with Crippen LogP contribution >= 0.6 is 0 Å². The molecule has 7 nitrogen and oxygen atoms in total. The van der Waals surface area contributed by atoms with Crippen LogP contribution in [0.2, 0.25) is 0 Å². The molecule has 1 amide bonds. The lowest BCUT2D eigenvalue weighted by Gasteiger charge is -2.20. The highest BCUT2D eigenvalue weighted by molar-refractivity contribution is 5.67. The molecular formula is C18H28N2O5. The fraction of sp³-hybridized carbons (Fsp3) is 0.611. The summed E-state index contributed by atoms with van der Waals surface area (Å²) in [5.74, 6) is 0.845. The Kier molecular flexibility index (Phi) is 6.90. The van der Waals surface area contributed by atoms with E-state index in [2.05, 4.69) is 16.7 Å². The van der Waals surface area contributed by atoms with Gasteiger partial charge in [0.2, 0.25) is 0 Å². The third-order valence-electron chi connectivity index (χ3n) is 3.49. The van der Waals surface area contributed by atoms with Gasteiger partial charge in [0.25, 0.3) is 0 Å². The van der Waals surface area contributed by atoms with Crippen LogP contribution in [-0.2, 0) is 15.9 Å². The monoisotopic (exact) mass is 352 g/mol. The van der Waals surface area contributed by atoms with Gasteiger partial charge in [-0.1, -0.05) is 0 Å². The molecule has 1 aromatic carbocycles. The Balaban J connectivity index is 1.75. The average Bonchev–Trinajstić information content (AvgIpc) is 2.93. The number of hydrogen-bond donors (Lipinski definition) is 3. The fourth-order valence-corrected chi connectivity index (χ4v) is 2.49. The van der Waals surface area contributed by atoms with Crippen molar-refractivity contribution < 1.29 is 24.1 Å². The van der Waals surface area contributed by atoms with E-state index in [1.165, 1.54) is 0 Å². The topological polar surface area (TPSA) is 89.1 Å². The summed E-state index contributed by atoms with van der Waals surface area (Å²) in [6.45, 7) is 7.50. The van der Waals surface area contributed by atoms with Crippen LogP contribution in [0.25, 0.3) is 0 Å². The summed E-state index contributed by atoms with van der Waals surface area (Å²) >= 11 is 0. The maximum absolute atomic E-state index is 11.7. The SMILES string of the molecule is CC(C)(C)OC(=O)NCC1Cc2cc(NCCOCCO)ccc2O1. The fourth-order valence-electron chi connectivity index (χ4n) is 2.49. The molecule has 3 N–H and O–H groups in total. The molecule has 0 aliphatic carbocycles. The third kappa shape index (κ3) is 6.80. The van der Waals surface area contributed by atoms with Crippen molar-refractivity contribution in [3.8, 4) is 5.75 Å². The van der Waals surface area contributed by atoms with Gasteiger partial charge in [-0.05, 0) is 44.5 Å². The van der Waals surface area contributed by atoms with Crippen LogP contribution in [0.15, 0.2) is 18.2 Å². The van der Waals surface area contributed by atoms with Gasteiger partial charge in [-0.2, -0.15) is 0 Å². The molecule has 25 heavy (non-hydrogen) atoms. The van der Waals surface area contributed by atoms with Gasteiger partial charge >= 0.3 is 6.09 Å². The van der Waals surface area contributed by atoms with Gasteiger partial charge in [0, 0.05) is 18.7 Å². The summed E-state index contributed by atoms with van der Waals surface area (Å²) in [6, 6.07) is 5.93. The highest BCUT2D eigenvalue weighted by atomic mass is 16.6. The molecular weight excluding hydrogens is 324 g/mol. The van der Waals surface area contributed by atoms with E-state index in [-0.39, 0.29) is 12.7 Å². The van der Waals surface area contributed by atoms with E-state index < -0.39 is 11.7 Å². The molecule has 0 radical (unpaired) electrons. The Morgan fingerprint density at radius 1 is 1.36 bits per heavy atom. The van der Waals surface area contributed by atoms with Gasteiger partial charge in [0.15, 0.2) is 0 Å². The number of aliphatic hydroxyl groups excluding tert-OH is 1. The van der Waals surface area contributed by atoms with Crippen molar-refractivity contribution in [2.75, 3.05) is 38.2 Å². The van der Waals surface area contributed by atoms with Crippen molar-refractivity contribution in [1.82, 2.24) is 5.32 Å². The average molecular weight is 352 g/mol. The lowest BCUT2D eigenvalue weighted by molar-refractivity contribution is 0.0506. The molecule has 0 aromatic heterocycles. The van der Waals surface area contributed by atoms with E-state index in [0.717, 1.165) is 23.4 Å². The molecule has 1 unspecified atom stereocenters. The number of benzene rings is 1. The molecule has 1 aliphatic heterocycles. The summed E-state index contributed by atoms with van der Waals surface area (Å²) in [5, 5.41) is 14.7. The van der Waals surface area contributed by atoms with Crippen LogP contribution < -0.4 is 15.4 Å². The van der Waals surface area contributed by atoms with E-state index in [4.69, 9.17) is 19.3 Å². The first-order chi connectivity index (χ1) is 11.9. The number of carbonyl (C=O) groups excluding carboxylic acids is 1. The predicted molar refractivity (Wildman–Crippen MR) is 95.2 cm³/mol. The summed E-state index contributed by atoms with van der Waals surface area (Å²) in [5.41, 5.74) is 1.60. The maximum Gasteiger partial charge on any atom is 0.407 e. The number of carbonyl (C=O) groups is 1. The molecule has 1 atom stereocenters. The predicted octanol–water partition coefficient (Wildman–Crippen LogP) is 1.94. The van der Waals surface area contributed by atoms with Gasteiger partial charge in [-0.25, -0.2) is 4.79 Å². The van der Waals surface area contributed by atoms with Gasteiger partial charge in [0.05, 0.1) is 26.4 Å². The number of ether oxygens (including phenoxy) is 3. The molecule has 0 fully saturated rings. The van der Waals surface area contributed by atoms with Crippen LogP contribution in [0, 0.1) is 0 Å². The van der Waals surface area contributed by atoms with Crippen LogP contribution in [0.1, 0.15) is 26.3 Å². The summed E-state index contributed by atoms with van der Waals surface area (Å²) in [6.07, 6.45) is 0.213. The first-order valence-corrected chi connectivity index (χ1v) is 8.56.